The van der Waals surface area contributed by atoms with Crippen LogP contribution in [0.4, 0.5) is 0 Å². The van der Waals surface area contributed by atoms with E-state index in [0.29, 0.717) is 12.2 Å². The van der Waals surface area contributed by atoms with Crippen LogP contribution < -0.4 is 5.32 Å². The number of ether oxygens (including phenoxy) is 1. The molecule has 22 heavy (non-hydrogen) atoms. The Morgan fingerprint density at radius 3 is 2.32 bits per heavy atom. The van der Waals surface area contributed by atoms with Crippen molar-refractivity contribution in [3.05, 3.63) is 35.4 Å². The van der Waals surface area contributed by atoms with Crippen molar-refractivity contribution in [2.75, 3.05) is 6.61 Å². The molecule has 1 rings (SSSR count). The summed E-state index contributed by atoms with van der Waals surface area (Å²) >= 11 is 0. The van der Waals surface area contributed by atoms with Gasteiger partial charge in [0.1, 0.15) is 6.04 Å². The van der Waals surface area contributed by atoms with E-state index in [1.807, 2.05) is 26.0 Å². The first-order valence-electron chi connectivity index (χ1n) is 8.00. The molecular weight excluding hydrogens is 278 g/mol. The normalized spacial score (nSPS) is 12.0. The Labute approximate surface area is 133 Å². The summed E-state index contributed by atoms with van der Waals surface area (Å²) in [5, 5.41) is 2.67. The number of carbonyl (C=O) groups excluding carboxylic acids is 2. The Bertz CT molecular complexity index is 480. The molecule has 4 heteroatoms. The molecule has 1 aromatic rings. The van der Waals surface area contributed by atoms with Gasteiger partial charge in [-0.05, 0) is 43.4 Å². The second-order valence-corrected chi connectivity index (χ2v) is 6.02. The van der Waals surface area contributed by atoms with Gasteiger partial charge in [0.25, 0.3) is 5.91 Å². The average molecular weight is 305 g/mol. The molecular formula is C18H27NO3. The third-order valence-corrected chi connectivity index (χ3v) is 3.30. The minimum atomic E-state index is -0.647. The summed E-state index contributed by atoms with van der Waals surface area (Å²) in [6.07, 6.45) is 3.32. The lowest BCUT2D eigenvalue weighted by Crippen LogP contribution is -2.39. The molecule has 1 N–H and O–H groups in total. The smallest absolute Gasteiger partial charge is 0.328 e. The summed E-state index contributed by atoms with van der Waals surface area (Å²) in [6.45, 7) is 8.09. The third-order valence-electron chi connectivity index (χ3n) is 3.30. The summed E-state index contributed by atoms with van der Waals surface area (Å²) in [5.41, 5.74) is 1.78. The molecule has 0 aliphatic rings. The number of hydrogen-bond acceptors (Lipinski definition) is 3. The van der Waals surface area contributed by atoms with Crippen molar-refractivity contribution < 1.29 is 14.3 Å². The average Bonchev–Trinajstić information content (AvgIpc) is 2.50. The van der Waals surface area contributed by atoms with Crippen molar-refractivity contribution in [1.29, 1.82) is 0 Å². The number of benzene rings is 1. The molecule has 0 saturated carbocycles. The highest BCUT2D eigenvalue weighted by atomic mass is 16.5. The molecule has 0 heterocycles. The summed E-state index contributed by atoms with van der Waals surface area (Å²) in [5.74, 6) is -0.375. The third kappa shape index (κ3) is 6.29. The van der Waals surface area contributed by atoms with Crippen molar-refractivity contribution in [2.24, 2.45) is 5.92 Å². The maximum atomic E-state index is 12.1. The van der Waals surface area contributed by atoms with E-state index in [4.69, 9.17) is 4.74 Å². The number of rotatable bonds is 8. The molecule has 0 unspecified atom stereocenters. The van der Waals surface area contributed by atoms with Crippen LogP contribution in [-0.2, 0) is 16.0 Å². The molecule has 0 radical (unpaired) electrons. The predicted molar refractivity (Wildman–Crippen MR) is 87.8 cm³/mol. The molecule has 1 amide bonds. The number of hydrogen-bond donors (Lipinski definition) is 1. The number of esters is 1. The van der Waals surface area contributed by atoms with E-state index in [2.05, 4.69) is 12.2 Å². The first kappa shape index (κ1) is 18.2. The lowest BCUT2D eigenvalue weighted by molar-refractivity contribution is -0.146. The zero-order chi connectivity index (χ0) is 16.5. The van der Waals surface area contributed by atoms with Gasteiger partial charge in [-0.2, -0.15) is 0 Å². The SMILES string of the molecule is CCCCc1ccc(C(=O)N[C@@H](C)C(=O)OCC(C)C)cc1. The summed E-state index contributed by atoms with van der Waals surface area (Å²) in [6, 6.07) is 6.88. The van der Waals surface area contributed by atoms with E-state index >= 15 is 0 Å². The van der Waals surface area contributed by atoms with Crippen molar-refractivity contribution in [2.45, 2.75) is 53.0 Å². The largest absolute Gasteiger partial charge is 0.464 e. The van der Waals surface area contributed by atoms with E-state index in [0.717, 1.165) is 19.3 Å². The van der Waals surface area contributed by atoms with Gasteiger partial charge < -0.3 is 10.1 Å². The number of aryl methyl sites for hydroxylation is 1. The van der Waals surface area contributed by atoms with Gasteiger partial charge in [0, 0.05) is 5.56 Å². The van der Waals surface area contributed by atoms with Crippen LogP contribution in [0.3, 0.4) is 0 Å². The number of unbranched alkanes of at least 4 members (excludes halogenated alkanes) is 1. The lowest BCUT2D eigenvalue weighted by Gasteiger charge is -2.14. The lowest BCUT2D eigenvalue weighted by atomic mass is 10.1. The molecule has 0 aromatic heterocycles. The minimum absolute atomic E-state index is 0.254. The standard InChI is InChI=1S/C18H27NO3/c1-5-6-7-15-8-10-16(11-9-15)17(20)19-14(4)18(21)22-12-13(2)3/h8-11,13-14H,5-7,12H2,1-4H3,(H,19,20)/t14-/m0/s1. The summed E-state index contributed by atoms with van der Waals surface area (Å²) < 4.78 is 5.11. The number of nitrogens with one attached hydrogen (secondary N) is 1. The molecule has 4 nitrogen and oxygen atoms in total. The van der Waals surface area contributed by atoms with Crippen molar-refractivity contribution in [3.63, 3.8) is 0 Å². The van der Waals surface area contributed by atoms with Gasteiger partial charge in [-0.25, -0.2) is 4.79 Å². The quantitative estimate of drug-likeness (QED) is 0.749. The molecule has 0 fully saturated rings. The van der Waals surface area contributed by atoms with E-state index < -0.39 is 12.0 Å². The predicted octanol–water partition coefficient (Wildman–Crippen LogP) is 3.35. The topological polar surface area (TPSA) is 55.4 Å². The summed E-state index contributed by atoms with van der Waals surface area (Å²) in [7, 11) is 0. The Balaban J connectivity index is 2.51. The molecule has 0 aliphatic heterocycles. The van der Waals surface area contributed by atoms with Crippen LogP contribution in [0.25, 0.3) is 0 Å². The fourth-order valence-electron chi connectivity index (χ4n) is 1.92. The van der Waals surface area contributed by atoms with Gasteiger partial charge >= 0.3 is 5.97 Å². The Kier molecular flexibility index (Phi) is 7.64. The molecule has 1 aromatic carbocycles. The van der Waals surface area contributed by atoms with Crippen LogP contribution in [0.2, 0.25) is 0 Å². The number of carbonyl (C=O) groups is 2. The van der Waals surface area contributed by atoms with Crippen LogP contribution in [0.15, 0.2) is 24.3 Å². The van der Waals surface area contributed by atoms with Gasteiger partial charge in [-0.1, -0.05) is 39.3 Å². The van der Waals surface area contributed by atoms with Gasteiger partial charge in [0.15, 0.2) is 0 Å². The maximum Gasteiger partial charge on any atom is 0.328 e. The van der Waals surface area contributed by atoms with Gasteiger partial charge in [0.2, 0.25) is 0 Å². The van der Waals surface area contributed by atoms with Crippen LogP contribution in [0.1, 0.15) is 56.5 Å². The van der Waals surface area contributed by atoms with E-state index in [1.54, 1.807) is 19.1 Å². The zero-order valence-corrected chi connectivity index (χ0v) is 14.0. The van der Waals surface area contributed by atoms with Gasteiger partial charge in [-0.15, -0.1) is 0 Å². The molecule has 1 atom stereocenters. The Morgan fingerprint density at radius 1 is 1.14 bits per heavy atom. The van der Waals surface area contributed by atoms with E-state index in [9.17, 15) is 9.59 Å². The van der Waals surface area contributed by atoms with E-state index in [-0.39, 0.29) is 11.8 Å². The van der Waals surface area contributed by atoms with Crippen LogP contribution in [0.5, 0.6) is 0 Å². The first-order valence-corrected chi connectivity index (χ1v) is 8.00. The van der Waals surface area contributed by atoms with Crippen LogP contribution in [-0.4, -0.2) is 24.5 Å². The van der Waals surface area contributed by atoms with Crippen molar-refractivity contribution >= 4 is 11.9 Å². The highest BCUT2D eigenvalue weighted by Gasteiger charge is 2.18. The molecule has 0 aliphatic carbocycles. The number of amides is 1. The Morgan fingerprint density at radius 2 is 1.77 bits per heavy atom. The molecule has 0 bridgehead atoms. The monoisotopic (exact) mass is 305 g/mol. The molecule has 0 spiro atoms. The second-order valence-electron chi connectivity index (χ2n) is 6.02. The van der Waals surface area contributed by atoms with Gasteiger partial charge in [0.05, 0.1) is 6.61 Å². The fraction of sp³-hybridized carbons (Fsp3) is 0.556. The fourth-order valence-corrected chi connectivity index (χ4v) is 1.92. The highest BCUT2D eigenvalue weighted by molar-refractivity contribution is 5.96. The van der Waals surface area contributed by atoms with Crippen molar-refractivity contribution in [1.82, 2.24) is 5.32 Å². The summed E-state index contributed by atoms with van der Waals surface area (Å²) in [4.78, 5) is 23.9. The van der Waals surface area contributed by atoms with Crippen molar-refractivity contribution in [3.8, 4) is 0 Å². The highest BCUT2D eigenvalue weighted by Crippen LogP contribution is 2.08. The maximum absolute atomic E-state index is 12.1. The Hall–Kier alpha value is -1.84. The minimum Gasteiger partial charge on any atom is -0.464 e. The zero-order valence-electron chi connectivity index (χ0n) is 14.0. The second kappa shape index (κ2) is 9.23. The van der Waals surface area contributed by atoms with Gasteiger partial charge in [-0.3, -0.25) is 4.79 Å². The first-order chi connectivity index (χ1) is 10.4. The molecule has 0 saturated heterocycles. The van der Waals surface area contributed by atoms with Crippen LogP contribution >= 0.6 is 0 Å². The van der Waals surface area contributed by atoms with Crippen LogP contribution in [0, 0.1) is 5.92 Å². The molecule has 122 valence electrons. The van der Waals surface area contributed by atoms with E-state index in [1.165, 1.54) is 5.56 Å².